The molecule has 1 heterocycles. The molecular weight excluding hydrogens is 462 g/mol. The van der Waals surface area contributed by atoms with E-state index in [4.69, 9.17) is 9.47 Å². The number of methoxy groups -OCH3 is 1. The van der Waals surface area contributed by atoms with Gasteiger partial charge in [-0.2, -0.15) is 13.1 Å². The normalized spacial score (nSPS) is 14.2. The Morgan fingerprint density at radius 3 is 2.33 bits per heavy atom. The van der Waals surface area contributed by atoms with Crippen LogP contribution in [0.2, 0.25) is 0 Å². The summed E-state index contributed by atoms with van der Waals surface area (Å²) in [5.74, 6) is -1.88. The summed E-state index contributed by atoms with van der Waals surface area (Å²) in [6, 6.07) is 9.14. The van der Waals surface area contributed by atoms with Crippen LogP contribution in [0.15, 0.2) is 47.4 Å². The third kappa shape index (κ3) is 6.17. The molecule has 1 saturated heterocycles. The smallest absolute Gasteiger partial charge is 0.387 e. The van der Waals surface area contributed by atoms with Crippen LogP contribution in [0.5, 0.6) is 11.5 Å². The van der Waals surface area contributed by atoms with Gasteiger partial charge in [0.05, 0.1) is 17.6 Å². The number of carbonyl (C=O) groups is 2. The summed E-state index contributed by atoms with van der Waals surface area (Å²) >= 11 is 0. The number of hydrogen-bond donors (Lipinski definition) is 1. The van der Waals surface area contributed by atoms with Crippen molar-refractivity contribution in [3.05, 3.63) is 48.0 Å². The van der Waals surface area contributed by atoms with E-state index < -0.39 is 35.1 Å². The van der Waals surface area contributed by atoms with Gasteiger partial charge < -0.3 is 19.5 Å². The Morgan fingerprint density at radius 1 is 1.06 bits per heavy atom. The fourth-order valence-corrected chi connectivity index (χ4v) is 4.70. The van der Waals surface area contributed by atoms with Crippen molar-refractivity contribution in [2.45, 2.75) is 24.3 Å². The minimum absolute atomic E-state index is 0.0299. The summed E-state index contributed by atoms with van der Waals surface area (Å²) in [5, 5.41) is 2.50. The van der Waals surface area contributed by atoms with Crippen LogP contribution < -0.4 is 14.8 Å². The largest absolute Gasteiger partial charge is 0.493 e. The standard InChI is InChI=1S/C21H22F2N2O7S/c1-30-18-12-14(4-9-17(18)32-21(22)23)20(27)31-13-19(26)24-15-5-7-16(8-6-15)33(28,29)25-10-2-3-11-25/h4-9,12,21H,2-3,10-11,13H2,1H3,(H,24,26). The number of nitrogens with zero attached hydrogens (tertiary/aromatic N) is 1. The van der Waals surface area contributed by atoms with Crippen molar-refractivity contribution in [3.8, 4) is 11.5 Å². The Labute approximate surface area is 189 Å². The predicted octanol–water partition coefficient (Wildman–Crippen LogP) is 2.88. The number of rotatable bonds is 9. The number of alkyl halides is 2. The van der Waals surface area contributed by atoms with Gasteiger partial charge in [-0.05, 0) is 55.3 Å². The van der Waals surface area contributed by atoms with E-state index in [1.165, 1.54) is 41.7 Å². The van der Waals surface area contributed by atoms with Crippen LogP contribution in [0.4, 0.5) is 14.5 Å². The first-order valence-electron chi connectivity index (χ1n) is 9.91. The van der Waals surface area contributed by atoms with Crippen LogP contribution in [-0.2, 0) is 19.6 Å². The van der Waals surface area contributed by atoms with Crippen LogP contribution in [-0.4, -0.2) is 58.0 Å². The lowest BCUT2D eigenvalue weighted by atomic mass is 10.2. The third-order valence-electron chi connectivity index (χ3n) is 4.79. The van der Waals surface area contributed by atoms with Crippen molar-refractivity contribution in [3.63, 3.8) is 0 Å². The first kappa shape index (κ1) is 24.4. The molecule has 178 valence electrons. The molecule has 1 fully saturated rings. The number of hydrogen-bond acceptors (Lipinski definition) is 7. The molecule has 0 spiro atoms. The zero-order chi connectivity index (χ0) is 24.0. The van der Waals surface area contributed by atoms with Crippen LogP contribution in [0.1, 0.15) is 23.2 Å². The van der Waals surface area contributed by atoms with Gasteiger partial charge in [0.1, 0.15) is 0 Å². The summed E-state index contributed by atoms with van der Waals surface area (Å²) in [4.78, 5) is 24.4. The lowest BCUT2D eigenvalue weighted by molar-refractivity contribution is -0.119. The first-order valence-corrected chi connectivity index (χ1v) is 11.3. The van der Waals surface area contributed by atoms with Crippen molar-refractivity contribution in [1.29, 1.82) is 0 Å². The van der Waals surface area contributed by atoms with Crippen molar-refractivity contribution in [1.82, 2.24) is 4.31 Å². The minimum atomic E-state index is -3.56. The highest BCUT2D eigenvalue weighted by Crippen LogP contribution is 2.29. The van der Waals surface area contributed by atoms with Gasteiger partial charge in [-0.25, -0.2) is 13.2 Å². The van der Waals surface area contributed by atoms with Gasteiger partial charge >= 0.3 is 12.6 Å². The second-order valence-electron chi connectivity index (χ2n) is 7.00. The number of amides is 1. The molecule has 1 aliphatic rings. The van der Waals surface area contributed by atoms with Gasteiger partial charge in [0.25, 0.3) is 5.91 Å². The molecule has 0 atom stereocenters. The average Bonchev–Trinajstić information content (AvgIpc) is 3.34. The fourth-order valence-electron chi connectivity index (χ4n) is 3.19. The number of sulfonamides is 1. The number of halogens is 2. The number of benzene rings is 2. The summed E-state index contributed by atoms with van der Waals surface area (Å²) < 4.78 is 65.4. The maximum Gasteiger partial charge on any atom is 0.387 e. The number of carbonyl (C=O) groups excluding carboxylic acids is 2. The molecule has 0 aromatic heterocycles. The summed E-state index contributed by atoms with van der Waals surface area (Å²) in [7, 11) is -2.34. The van der Waals surface area contributed by atoms with E-state index in [9.17, 15) is 26.8 Å². The molecule has 0 saturated carbocycles. The Balaban J connectivity index is 1.55. The molecule has 1 amide bonds. The Hall–Kier alpha value is -3.25. The van der Waals surface area contributed by atoms with E-state index in [0.29, 0.717) is 18.8 Å². The lowest BCUT2D eigenvalue weighted by Gasteiger charge is -2.15. The maximum absolute atomic E-state index is 12.5. The van der Waals surface area contributed by atoms with E-state index in [1.54, 1.807) is 0 Å². The summed E-state index contributed by atoms with van der Waals surface area (Å²) in [6.07, 6.45) is 1.65. The molecule has 0 bridgehead atoms. The van der Waals surface area contributed by atoms with E-state index in [2.05, 4.69) is 10.1 Å². The first-order chi connectivity index (χ1) is 15.7. The molecule has 2 aromatic rings. The molecular formula is C21H22F2N2O7S. The fraction of sp³-hybridized carbons (Fsp3) is 0.333. The van der Waals surface area contributed by atoms with Crippen LogP contribution in [0, 0.1) is 0 Å². The number of ether oxygens (including phenoxy) is 3. The Kier molecular flexibility index (Phi) is 7.82. The molecule has 1 N–H and O–H groups in total. The van der Waals surface area contributed by atoms with Gasteiger partial charge in [0, 0.05) is 18.8 Å². The van der Waals surface area contributed by atoms with Gasteiger partial charge in [0.2, 0.25) is 10.0 Å². The molecule has 9 nitrogen and oxygen atoms in total. The zero-order valence-corrected chi connectivity index (χ0v) is 18.4. The maximum atomic E-state index is 12.5. The van der Waals surface area contributed by atoms with Crippen LogP contribution >= 0.6 is 0 Å². The van der Waals surface area contributed by atoms with Crippen molar-refractivity contribution >= 4 is 27.6 Å². The van der Waals surface area contributed by atoms with E-state index in [0.717, 1.165) is 25.0 Å². The van der Waals surface area contributed by atoms with Gasteiger partial charge in [-0.1, -0.05) is 0 Å². The molecule has 0 radical (unpaired) electrons. The van der Waals surface area contributed by atoms with Gasteiger partial charge in [0.15, 0.2) is 18.1 Å². The van der Waals surface area contributed by atoms with Crippen molar-refractivity contribution in [2.75, 3.05) is 32.1 Å². The quantitative estimate of drug-likeness (QED) is 0.545. The summed E-state index contributed by atoms with van der Waals surface area (Å²) in [6.45, 7) is -2.71. The molecule has 2 aromatic carbocycles. The highest BCUT2D eigenvalue weighted by Gasteiger charge is 2.27. The Bertz CT molecular complexity index is 1100. The number of esters is 1. The summed E-state index contributed by atoms with van der Waals surface area (Å²) in [5.41, 5.74) is 0.296. The SMILES string of the molecule is COc1cc(C(=O)OCC(=O)Nc2ccc(S(=O)(=O)N3CCCC3)cc2)ccc1OC(F)F. The van der Waals surface area contributed by atoms with Gasteiger partial charge in [-0.15, -0.1) is 0 Å². The van der Waals surface area contributed by atoms with Gasteiger partial charge in [-0.3, -0.25) is 4.79 Å². The molecule has 0 unspecified atom stereocenters. The highest BCUT2D eigenvalue weighted by molar-refractivity contribution is 7.89. The average molecular weight is 484 g/mol. The van der Waals surface area contributed by atoms with E-state index >= 15 is 0 Å². The molecule has 0 aliphatic carbocycles. The molecule has 12 heteroatoms. The second-order valence-corrected chi connectivity index (χ2v) is 8.94. The van der Waals surface area contributed by atoms with Crippen LogP contribution in [0.25, 0.3) is 0 Å². The lowest BCUT2D eigenvalue weighted by Crippen LogP contribution is -2.27. The molecule has 3 rings (SSSR count). The minimum Gasteiger partial charge on any atom is -0.493 e. The highest BCUT2D eigenvalue weighted by atomic mass is 32.2. The second kappa shape index (κ2) is 10.6. The molecule has 1 aliphatic heterocycles. The zero-order valence-electron chi connectivity index (χ0n) is 17.6. The third-order valence-corrected chi connectivity index (χ3v) is 6.70. The predicted molar refractivity (Wildman–Crippen MR) is 113 cm³/mol. The monoisotopic (exact) mass is 484 g/mol. The molecule has 33 heavy (non-hydrogen) atoms. The number of nitrogens with one attached hydrogen (secondary N) is 1. The van der Waals surface area contributed by atoms with Crippen molar-refractivity contribution < 1.29 is 41.0 Å². The topological polar surface area (TPSA) is 111 Å². The Morgan fingerprint density at radius 2 is 1.73 bits per heavy atom. The van der Waals surface area contributed by atoms with Crippen LogP contribution in [0.3, 0.4) is 0 Å². The van der Waals surface area contributed by atoms with E-state index in [-0.39, 0.29) is 22.0 Å². The number of anilines is 1. The van der Waals surface area contributed by atoms with Crippen molar-refractivity contribution in [2.24, 2.45) is 0 Å². The van der Waals surface area contributed by atoms with E-state index in [1.807, 2.05) is 0 Å².